The molecule has 1 saturated carbocycles. The number of allylic oxidation sites excluding steroid dienone is 2. The van der Waals surface area contributed by atoms with Crippen molar-refractivity contribution >= 4 is 5.97 Å². The molecule has 0 bridgehead atoms. The van der Waals surface area contributed by atoms with Crippen LogP contribution in [0.2, 0.25) is 0 Å². The van der Waals surface area contributed by atoms with Gasteiger partial charge in [0.1, 0.15) is 0 Å². The van der Waals surface area contributed by atoms with E-state index in [4.69, 9.17) is 5.11 Å². The standard InChI is InChI=1S/C16H24O2/c1-2-3-4-5-10-6-11-8-13-14(9-12(11)7-10)15(13)16(17)18/h10,13-15H,2-9H2,1H3,(H,17,18). The van der Waals surface area contributed by atoms with Crippen LogP contribution in [0, 0.1) is 23.7 Å². The van der Waals surface area contributed by atoms with Gasteiger partial charge in [-0.1, -0.05) is 37.3 Å². The summed E-state index contributed by atoms with van der Waals surface area (Å²) < 4.78 is 0. The monoisotopic (exact) mass is 248 g/mol. The van der Waals surface area contributed by atoms with Crippen molar-refractivity contribution in [1.29, 1.82) is 0 Å². The highest BCUT2D eigenvalue weighted by Crippen LogP contribution is 2.60. The molecule has 2 heteroatoms. The molecule has 0 saturated heterocycles. The molecule has 0 aromatic rings. The number of fused-ring (bicyclic) bond motifs is 1. The van der Waals surface area contributed by atoms with Crippen LogP contribution in [0.1, 0.15) is 58.3 Å². The summed E-state index contributed by atoms with van der Waals surface area (Å²) >= 11 is 0. The number of carboxylic acid groups (broad SMARTS) is 1. The molecular weight excluding hydrogens is 224 g/mol. The molecule has 0 aromatic heterocycles. The summed E-state index contributed by atoms with van der Waals surface area (Å²) in [5.41, 5.74) is 3.31. The second kappa shape index (κ2) is 4.71. The van der Waals surface area contributed by atoms with Crippen LogP contribution in [-0.4, -0.2) is 11.1 Å². The third-order valence-corrected chi connectivity index (χ3v) is 5.37. The average Bonchev–Trinajstić information content (AvgIpc) is 2.88. The largest absolute Gasteiger partial charge is 0.481 e. The van der Waals surface area contributed by atoms with Gasteiger partial charge in [0.15, 0.2) is 0 Å². The smallest absolute Gasteiger partial charge is 0.307 e. The molecule has 0 spiro atoms. The minimum Gasteiger partial charge on any atom is -0.481 e. The molecule has 3 rings (SSSR count). The van der Waals surface area contributed by atoms with E-state index in [0.29, 0.717) is 11.8 Å². The first-order valence-electron chi connectivity index (χ1n) is 7.63. The summed E-state index contributed by atoms with van der Waals surface area (Å²) in [5, 5.41) is 9.12. The van der Waals surface area contributed by atoms with Crippen LogP contribution in [0.3, 0.4) is 0 Å². The molecule has 3 aliphatic rings. The molecule has 2 nitrogen and oxygen atoms in total. The SMILES string of the molecule is CCCCCC1CC2=C(C1)CC1C(C2)C1C(=O)O. The van der Waals surface area contributed by atoms with Gasteiger partial charge in [-0.25, -0.2) is 0 Å². The lowest BCUT2D eigenvalue weighted by Gasteiger charge is -2.11. The van der Waals surface area contributed by atoms with Crippen molar-refractivity contribution in [2.24, 2.45) is 23.7 Å². The Morgan fingerprint density at radius 3 is 2.22 bits per heavy atom. The van der Waals surface area contributed by atoms with Crippen molar-refractivity contribution in [3.8, 4) is 0 Å². The molecule has 1 N–H and O–H groups in total. The number of unbranched alkanes of at least 4 members (excludes halogenated alkanes) is 2. The Bertz CT molecular complexity index is 359. The van der Waals surface area contributed by atoms with Gasteiger partial charge in [-0.2, -0.15) is 0 Å². The lowest BCUT2D eigenvalue weighted by molar-refractivity contribution is -0.139. The summed E-state index contributed by atoms with van der Waals surface area (Å²) in [5.74, 6) is 1.33. The zero-order chi connectivity index (χ0) is 12.7. The number of carbonyl (C=O) groups is 1. The van der Waals surface area contributed by atoms with E-state index in [1.165, 1.54) is 38.5 Å². The van der Waals surface area contributed by atoms with Gasteiger partial charge in [0.25, 0.3) is 0 Å². The Hall–Kier alpha value is -0.790. The van der Waals surface area contributed by atoms with Gasteiger partial charge < -0.3 is 5.11 Å². The number of aliphatic carboxylic acids is 1. The maximum atomic E-state index is 11.1. The quantitative estimate of drug-likeness (QED) is 0.589. The Morgan fingerprint density at radius 1 is 1.11 bits per heavy atom. The second-order valence-electron chi connectivity index (χ2n) is 6.58. The molecule has 0 amide bonds. The summed E-state index contributed by atoms with van der Waals surface area (Å²) in [7, 11) is 0. The van der Waals surface area contributed by atoms with E-state index in [0.717, 1.165) is 18.8 Å². The third kappa shape index (κ3) is 2.10. The van der Waals surface area contributed by atoms with E-state index in [-0.39, 0.29) is 5.92 Å². The Labute approximate surface area is 109 Å². The highest BCUT2D eigenvalue weighted by atomic mass is 16.4. The summed E-state index contributed by atoms with van der Waals surface area (Å²) in [4.78, 5) is 11.1. The molecule has 2 atom stereocenters. The van der Waals surface area contributed by atoms with Crippen LogP contribution in [0.5, 0.6) is 0 Å². The molecule has 18 heavy (non-hydrogen) atoms. The molecule has 100 valence electrons. The van der Waals surface area contributed by atoms with Crippen molar-refractivity contribution in [3.63, 3.8) is 0 Å². The normalized spacial score (nSPS) is 37.4. The summed E-state index contributed by atoms with van der Waals surface area (Å²) in [6.45, 7) is 2.26. The zero-order valence-electron chi connectivity index (χ0n) is 11.3. The summed E-state index contributed by atoms with van der Waals surface area (Å²) in [6, 6.07) is 0. The Balaban J connectivity index is 1.51. The highest BCUT2D eigenvalue weighted by molar-refractivity contribution is 5.74. The van der Waals surface area contributed by atoms with Crippen molar-refractivity contribution < 1.29 is 9.90 Å². The molecule has 1 fully saturated rings. The van der Waals surface area contributed by atoms with Crippen molar-refractivity contribution in [2.45, 2.75) is 58.3 Å². The predicted molar refractivity (Wildman–Crippen MR) is 71.2 cm³/mol. The highest BCUT2D eigenvalue weighted by Gasteiger charge is 2.57. The van der Waals surface area contributed by atoms with Crippen LogP contribution in [-0.2, 0) is 4.79 Å². The van der Waals surface area contributed by atoms with Crippen molar-refractivity contribution in [2.75, 3.05) is 0 Å². The van der Waals surface area contributed by atoms with Crippen LogP contribution >= 0.6 is 0 Å². The molecular formula is C16H24O2. The number of rotatable bonds is 5. The molecule has 3 aliphatic carbocycles. The molecule has 0 heterocycles. The predicted octanol–water partition coefficient (Wildman–Crippen LogP) is 4.01. The van der Waals surface area contributed by atoms with Crippen molar-refractivity contribution in [1.82, 2.24) is 0 Å². The fourth-order valence-electron chi connectivity index (χ4n) is 4.34. The van der Waals surface area contributed by atoms with Crippen LogP contribution in [0.15, 0.2) is 11.1 Å². The fourth-order valence-corrected chi connectivity index (χ4v) is 4.34. The van der Waals surface area contributed by atoms with Gasteiger partial charge in [0.2, 0.25) is 0 Å². The van der Waals surface area contributed by atoms with E-state index < -0.39 is 5.97 Å². The topological polar surface area (TPSA) is 37.3 Å². The number of carboxylic acids is 1. The lowest BCUT2D eigenvalue weighted by Crippen LogP contribution is -2.01. The van der Waals surface area contributed by atoms with Crippen LogP contribution < -0.4 is 0 Å². The van der Waals surface area contributed by atoms with Gasteiger partial charge in [0.05, 0.1) is 5.92 Å². The van der Waals surface area contributed by atoms with Gasteiger partial charge >= 0.3 is 5.97 Å². The van der Waals surface area contributed by atoms with E-state index in [1.807, 2.05) is 0 Å². The van der Waals surface area contributed by atoms with Gasteiger partial charge in [-0.3, -0.25) is 4.79 Å². The average molecular weight is 248 g/mol. The third-order valence-electron chi connectivity index (χ3n) is 5.37. The summed E-state index contributed by atoms with van der Waals surface area (Å²) in [6.07, 6.45) is 10.2. The van der Waals surface area contributed by atoms with Gasteiger partial charge in [-0.05, 0) is 49.9 Å². The first kappa shape index (κ1) is 12.3. The number of hydrogen-bond donors (Lipinski definition) is 1. The number of hydrogen-bond acceptors (Lipinski definition) is 1. The lowest BCUT2D eigenvalue weighted by atomic mass is 9.94. The zero-order valence-corrected chi connectivity index (χ0v) is 11.3. The first-order chi connectivity index (χ1) is 8.70. The first-order valence-corrected chi connectivity index (χ1v) is 7.63. The minimum absolute atomic E-state index is 0.00542. The van der Waals surface area contributed by atoms with E-state index in [9.17, 15) is 4.79 Å². The van der Waals surface area contributed by atoms with Crippen molar-refractivity contribution in [3.05, 3.63) is 11.1 Å². The maximum Gasteiger partial charge on any atom is 0.307 e. The van der Waals surface area contributed by atoms with Gasteiger partial charge in [0, 0.05) is 0 Å². The fraction of sp³-hybridized carbons (Fsp3) is 0.812. The van der Waals surface area contributed by atoms with Crippen LogP contribution in [0.4, 0.5) is 0 Å². The molecule has 0 aliphatic heterocycles. The molecule has 0 aromatic carbocycles. The van der Waals surface area contributed by atoms with Crippen LogP contribution in [0.25, 0.3) is 0 Å². The Kier molecular flexibility index (Phi) is 3.21. The Morgan fingerprint density at radius 2 is 1.72 bits per heavy atom. The second-order valence-corrected chi connectivity index (χ2v) is 6.58. The molecule has 0 radical (unpaired) electrons. The van der Waals surface area contributed by atoms with E-state index >= 15 is 0 Å². The minimum atomic E-state index is -0.550. The molecule has 2 unspecified atom stereocenters. The van der Waals surface area contributed by atoms with E-state index in [1.54, 1.807) is 11.1 Å². The maximum absolute atomic E-state index is 11.1. The van der Waals surface area contributed by atoms with E-state index in [2.05, 4.69) is 6.92 Å². The van der Waals surface area contributed by atoms with Gasteiger partial charge in [-0.15, -0.1) is 0 Å².